The van der Waals surface area contributed by atoms with E-state index in [1.54, 1.807) is 18.2 Å². The van der Waals surface area contributed by atoms with Crippen molar-refractivity contribution in [3.63, 3.8) is 0 Å². The van der Waals surface area contributed by atoms with Crippen LogP contribution < -0.4 is 0 Å². The second-order valence-electron chi connectivity index (χ2n) is 4.35. The molecule has 0 saturated carbocycles. The van der Waals surface area contributed by atoms with Crippen LogP contribution in [-0.4, -0.2) is 12.1 Å². The molecule has 1 aromatic carbocycles. The molecule has 1 aromatic rings. The summed E-state index contributed by atoms with van der Waals surface area (Å²) in [6, 6.07) is 7.87. The lowest BCUT2D eigenvalue weighted by Crippen LogP contribution is -2.29. The standard InChI is InChI=1S/C14H15F3O2/c1-9(2)13(18)19-12(10(3)14(15,16)17)11-7-5-4-6-8-11/h4-8,10,12H,1H2,2-3H3. The van der Waals surface area contributed by atoms with Gasteiger partial charge in [0, 0.05) is 5.57 Å². The summed E-state index contributed by atoms with van der Waals surface area (Å²) in [4.78, 5) is 11.5. The van der Waals surface area contributed by atoms with E-state index in [2.05, 4.69) is 6.58 Å². The molecule has 0 saturated heterocycles. The number of hydrogen-bond donors (Lipinski definition) is 0. The summed E-state index contributed by atoms with van der Waals surface area (Å²) in [5.74, 6) is -2.62. The maximum atomic E-state index is 12.8. The van der Waals surface area contributed by atoms with E-state index in [4.69, 9.17) is 4.74 Å². The van der Waals surface area contributed by atoms with Gasteiger partial charge in [-0.1, -0.05) is 36.9 Å². The summed E-state index contributed by atoms with van der Waals surface area (Å²) in [5.41, 5.74) is 0.372. The summed E-state index contributed by atoms with van der Waals surface area (Å²) in [6.07, 6.45) is -5.82. The van der Waals surface area contributed by atoms with Crippen LogP contribution in [-0.2, 0) is 9.53 Å². The van der Waals surface area contributed by atoms with Gasteiger partial charge in [-0.15, -0.1) is 0 Å². The third-order valence-electron chi connectivity index (χ3n) is 2.68. The fraction of sp³-hybridized carbons (Fsp3) is 0.357. The molecule has 0 aliphatic rings. The van der Waals surface area contributed by atoms with Crippen LogP contribution in [0.2, 0.25) is 0 Å². The van der Waals surface area contributed by atoms with E-state index in [9.17, 15) is 18.0 Å². The van der Waals surface area contributed by atoms with E-state index >= 15 is 0 Å². The third-order valence-corrected chi connectivity index (χ3v) is 2.68. The minimum absolute atomic E-state index is 0.0651. The summed E-state index contributed by atoms with van der Waals surface area (Å²) in [5, 5.41) is 0. The maximum absolute atomic E-state index is 12.8. The first-order valence-electron chi connectivity index (χ1n) is 5.71. The summed E-state index contributed by atoms with van der Waals surface area (Å²) in [7, 11) is 0. The molecule has 2 unspecified atom stereocenters. The smallest absolute Gasteiger partial charge is 0.395 e. The van der Waals surface area contributed by atoms with Crippen LogP contribution in [0, 0.1) is 5.92 Å². The second kappa shape index (κ2) is 5.91. The molecule has 2 atom stereocenters. The second-order valence-corrected chi connectivity index (χ2v) is 4.35. The first-order valence-corrected chi connectivity index (χ1v) is 5.71. The van der Waals surface area contributed by atoms with Crippen molar-refractivity contribution < 1.29 is 22.7 Å². The lowest BCUT2D eigenvalue weighted by Gasteiger charge is -2.26. The fourth-order valence-electron chi connectivity index (χ4n) is 1.49. The third kappa shape index (κ3) is 4.12. The SMILES string of the molecule is C=C(C)C(=O)OC(c1ccccc1)C(C)C(F)(F)F. The Morgan fingerprint density at radius 3 is 2.21 bits per heavy atom. The van der Waals surface area contributed by atoms with Gasteiger partial charge >= 0.3 is 12.1 Å². The van der Waals surface area contributed by atoms with Crippen LogP contribution in [0.4, 0.5) is 13.2 Å². The highest BCUT2D eigenvalue weighted by atomic mass is 19.4. The van der Waals surface area contributed by atoms with Crippen molar-refractivity contribution in [2.24, 2.45) is 5.92 Å². The quantitative estimate of drug-likeness (QED) is 0.610. The van der Waals surface area contributed by atoms with Gasteiger partial charge < -0.3 is 4.74 Å². The molecule has 0 radical (unpaired) electrons. The Morgan fingerprint density at radius 1 is 1.26 bits per heavy atom. The zero-order chi connectivity index (χ0) is 14.6. The van der Waals surface area contributed by atoms with Crippen molar-refractivity contribution >= 4 is 5.97 Å². The summed E-state index contributed by atoms with van der Waals surface area (Å²) in [6.45, 7) is 5.75. The fourth-order valence-corrected chi connectivity index (χ4v) is 1.49. The van der Waals surface area contributed by atoms with Crippen LogP contribution in [0.5, 0.6) is 0 Å². The van der Waals surface area contributed by atoms with Gasteiger partial charge in [0.2, 0.25) is 0 Å². The van der Waals surface area contributed by atoms with Gasteiger partial charge in [-0.25, -0.2) is 4.79 Å². The Bertz CT molecular complexity index is 452. The normalized spacial score (nSPS) is 14.6. The Balaban J connectivity index is 3.05. The molecule has 0 heterocycles. The van der Waals surface area contributed by atoms with Gasteiger partial charge in [0.1, 0.15) is 6.10 Å². The molecule has 19 heavy (non-hydrogen) atoms. The molecule has 2 nitrogen and oxygen atoms in total. The Kier molecular flexibility index (Phi) is 4.75. The molecule has 0 N–H and O–H groups in total. The van der Waals surface area contributed by atoms with E-state index in [1.165, 1.54) is 19.1 Å². The maximum Gasteiger partial charge on any atom is 0.395 e. The molecule has 0 aliphatic heterocycles. The Morgan fingerprint density at radius 2 is 1.79 bits per heavy atom. The van der Waals surface area contributed by atoms with Gasteiger partial charge in [-0.05, 0) is 19.4 Å². The number of alkyl halides is 3. The minimum Gasteiger partial charge on any atom is -0.454 e. The van der Waals surface area contributed by atoms with Crippen LogP contribution in [0.1, 0.15) is 25.5 Å². The first kappa shape index (κ1) is 15.3. The van der Waals surface area contributed by atoms with E-state index in [0.717, 1.165) is 6.92 Å². The number of esters is 1. The average Bonchev–Trinajstić information content (AvgIpc) is 2.34. The number of benzene rings is 1. The number of rotatable bonds is 4. The molecular weight excluding hydrogens is 257 g/mol. The molecule has 0 spiro atoms. The minimum atomic E-state index is -4.45. The molecule has 5 heteroatoms. The Hall–Kier alpha value is -1.78. The first-order chi connectivity index (χ1) is 8.73. The van der Waals surface area contributed by atoms with E-state index in [0.29, 0.717) is 5.56 Å². The molecule has 0 amide bonds. The van der Waals surface area contributed by atoms with Crippen molar-refractivity contribution in [3.05, 3.63) is 48.0 Å². The van der Waals surface area contributed by atoms with Gasteiger partial charge in [0.25, 0.3) is 0 Å². The predicted octanol–water partition coefficient (Wildman–Crippen LogP) is 4.05. The highest BCUT2D eigenvalue weighted by Gasteiger charge is 2.43. The largest absolute Gasteiger partial charge is 0.454 e. The molecule has 1 rings (SSSR count). The van der Waals surface area contributed by atoms with Crippen molar-refractivity contribution in [2.75, 3.05) is 0 Å². The number of carbonyl (C=O) groups is 1. The van der Waals surface area contributed by atoms with E-state index < -0.39 is 24.2 Å². The highest BCUT2D eigenvalue weighted by Crippen LogP contribution is 2.38. The van der Waals surface area contributed by atoms with Crippen molar-refractivity contribution in [1.82, 2.24) is 0 Å². The van der Waals surface area contributed by atoms with Gasteiger partial charge in [-0.3, -0.25) is 0 Å². The van der Waals surface area contributed by atoms with Crippen molar-refractivity contribution in [1.29, 1.82) is 0 Å². The molecule has 0 aromatic heterocycles. The van der Waals surface area contributed by atoms with E-state index in [-0.39, 0.29) is 5.57 Å². The lowest BCUT2D eigenvalue weighted by atomic mass is 9.96. The number of ether oxygens (including phenoxy) is 1. The average molecular weight is 272 g/mol. The zero-order valence-electron chi connectivity index (χ0n) is 10.7. The highest BCUT2D eigenvalue weighted by molar-refractivity contribution is 5.87. The Labute approximate surface area is 109 Å². The van der Waals surface area contributed by atoms with Crippen molar-refractivity contribution in [2.45, 2.75) is 26.1 Å². The van der Waals surface area contributed by atoms with Gasteiger partial charge in [-0.2, -0.15) is 13.2 Å². The molecule has 104 valence electrons. The molecule has 0 bridgehead atoms. The molecular formula is C14H15F3O2. The molecule has 0 fully saturated rings. The summed E-state index contributed by atoms with van der Waals surface area (Å²) >= 11 is 0. The molecule has 0 aliphatic carbocycles. The van der Waals surface area contributed by atoms with Gasteiger partial charge in [0.15, 0.2) is 0 Å². The summed E-state index contributed by atoms with van der Waals surface area (Å²) < 4.78 is 43.4. The van der Waals surface area contributed by atoms with Crippen LogP contribution in [0.3, 0.4) is 0 Å². The number of carbonyl (C=O) groups excluding carboxylic acids is 1. The monoisotopic (exact) mass is 272 g/mol. The zero-order valence-corrected chi connectivity index (χ0v) is 10.7. The van der Waals surface area contributed by atoms with Crippen LogP contribution >= 0.6 is 0 Å². The predicted molar refractivity (Wildman–Crippen MR) is 65.3 cm³/mol. The van der Waals surface area contributed by atoms with Gasteiger partial charge in [0.05, 0.1) is 5.92 Å². The topological polar surface area (TPSA) is 26.3 Å². The van der Waals surface area contributed by atoms with Crippen LogP contribution in [0.25, 0.3) is 0 Å². The number of hydrogen-bond acceptors (Lipinski definition) is 2. The van der Waals surface area contributed by atoms with E-state index in [1.807, 2.05) is 0 Å². The lowest BCUT2D eigenvalue weighted by molar-refractivity contribution is -0.203. The number of halogens is 3. The van der Waals surface area contributed by atoms with Crippen molar-refractivity contribution in [3.8, 4) is 0 Å². The van der Waals surface area contributed by atoms with Crippen LogP contribution in [0.15, 0.2) is 42.5 Å².